The molecule has 17 heavy (non-hydrogen) atoms. The molecule has 0 aromatic rings. The van der Waals surface area contributed by atoms with Crippen LogP contribution in [0.5, 0.6) is 0 Å². The van der Waals surface area contributed by atoms with E-state index in [0.717, 1.165) is 0 Å². The number of rotatable bonds is 6. The van der Waals surface area contributed by atoms with Crippen molar-refractivity contribution in [2.75, 3.05) is 13.7 Å². The van der Waals surface area contributed by atoms with Crippen LogP contribution >= 0.6 is 0 Å². The van der Waals surface area contributed by atoms with Gasteiger partial charge in [0.15, 0.2) is 6.04 Å². The molecule has 0 fully saturated rings. The number of esters is 1. The molecule has 0 bridgehead atoms. The summed E-state index contributed by atoms with van der Waals surface area (Å²) in [5, 5.41) is 3.02. The molecule has 0 rings (SSSR count). The van der Waals surface area contributed by atoms with Crippen molar-refractivity contribution in [1.82, 2.24) is 5.01 Å². The molecule has 0 aliphatic carbocycles. The Labute approximate surface area is 100.0 Å². The topological polar surface area (TPSA) is 85.3 Å². The Morgan fingerprint density at radius 1 is 1.35 bits per heavy atom. The van der Waals surface area contributed by atoms with Crippen LogP contribution in [-0.4, -0.2) is 36.8 Å². The maximum Gasteiger partial charge on any atom is 0.433 e. The summed E-state index contributed by atoms with van der Waals surface area (Å²) in [6.45, 7) is 5.39. The molecule has 0 saturated carbocycles. The van der Waals surface area contributed by atoms with Crippen LogP contribution < -0.4 is 0 Å². The van der Waals surface area contributed by atoms with Crippen molar-refractivity contribution in [3.05, 3.63) is 4.91 Å². The maximum absolute atomic E-state index is 11.5. The number of ether oxygens (including phenoxy) is 2. The second-order valence-corrected chi connectivity index (χ2v) is 3.79. The zero-order valence-corrected chi connectivity index (χ0v) is 10.5. The van der Waals surface area contributed by atoms with Gasteiger partial charge in [0.2, 0.25) is 0 Å². The second kappa shape index (κ2) is 7.59. The molecule has 0 heterocycles. The number of methoxy groups -OCH3 is 1. The van der Waals surface area contributed by atoms with Crippen molar-refractivity contribution in [1.29, 1.82) is 0 Å². The predicted molar refractivity (Wildman–Crippen MR) is 59.9 cm³/mol. The van der Waals surface area contributed by atoms with Crippen LogP contribution in [-0.2, 0) is 14.3 Å². The first kappa shape index (κ1) is 15.3. The van der Waals surface area contributed by atoms with Gasteiger partial charge >= 0.3 is 12.1 Å². The summed E-state index contributed by atoms with van der Waals surface area (Å²) >= 11 is 0. The van der Waals surface area contributed by atoms with Gasteiger partial charge < -0.3 is 9.47 Å². The largest absolute Gasteiger partial charge is 0.467 e. The first-order chi connectivity index (χ1) is 7.97. The number of hydrogen-bond acceptors (Lipinski definition) is 6. The Hall–Kier alpha value is -1.66. The molecule has 0 saturated heterocycles. The number of nitrogens with zero attached hydrogens (tertiary/aromatic N) is 2. The molecular formula is C10H18N2O5. The molecule has 0 aliphatic heterocycles. The summed E-state index contributed by atoms with van der Waals surface area (Å²) in [5.74, 6) is -0.593. The van der Waals surface area contributed by atoms with Gasteiger partial charge in [-0.2, -0.15) is 0 Å². The first-order valence-electron chi connectivity index (χ1n) is 5.34. The van der Waals surface area contributed by atoms with Crippen LogP contribution in [0.2, 0.25) is 0 Å². The highest BCUT2D eigenvalue weighted by atomic mass is 16.6. The Balaban J connectivity index is 4.89. The van der Waals surface area contributed by atoms with Crippen LogP contribution in [0.3, 0.4) is 0 Å². The number of nitroso groups, excluding NO2 is 1. The van der Waals surface area contributed by atoms with Crippen molar-refractivity contribution >= 4 is 12.1 Å². The van der Waals surface area contributed by atoms with E-state index in [0.29, 0.717) is 5.01 Å². The average Bonchev–Trinajstić information content (AvgIpc) is 2.27. The Kier molecular flexibility index (Phi) is 6.85. The zero-order valence-electron chi connectivity index (χ0n) is 10.5. The minimum atomic E-state index is -1.04. The van der Waals surface area contributed by atoms with Crippen molar-refractivity contribution in [3.63, 3.8) is 0 Å². The van der Waals surface area contributed by atoms with Gasteiger partial charge in [-0.05, 0) is 19.3 Å². The lowest BCUT2D eigenvalue weighted by Crippen LogP contribution is -2.43. The van der Waals surface area contributed by atoms with Crippen molar-refractivity contribution < 1.29 is 19.1 Å². The molecule has 1 unspecified atom stereocenters. The highest BCUT2D eigenvalue weighted by molar-refractivity contribution is 5.81. The van der Waals surface area contributed by atoms with E-state index in [2.05, 4.69) is 14.8 Å². The Morgan fingerprint density at radius 2 is 1.94 bits per heavy atom. The molecule has 1 atom stereocenters. The van der Waals surface area contributed by atoms with Crippen molar-refractivity contribution in [2.24, 2.45) is 11.2 Å². The fourth-order valence-corrected chi connectivity index (χ4v) is 1.29. The van der Waals surface area contributed by atoms with E-state index in [1.807, 2.05) is 13.8 Å². The molecule has 98 valence electrons. The third-order valence-electron chi connectivity index (χ3n) is 2.01. The van der Waals surface area contributed by atoms with Gasteiger partial charge in [-0.1, -0.05) is 13.8 Å². The van der Waals surface area contributed by atoms with E-state index < -0.39 is 18.1 Å². The zero-order chi connectivity index (χ0) is 13.4. The highest BCUT2D eigenvalue weighted by Crippen LogP contribution is 2.15. The minimum absolute atomic E-state index is 0.0952. The van der Waals surface area contributed by atoms with Crippen LogP contribution in [0, 0.1) is 10.8 Å². The molecule has 7 heteroatoms. The first-order valence-corrected chi connectivity index (χ1v) is 5.34. The predicted octanol–water partition coefficient (Wildman–Crippen LogP) is 1.71. The number of carbonyl (C=O) groups is 2. The van der Waals surface area contributed by atoms with E-state index in [-0.39, 0.29) is 18.9 Å². The van der Waals surface area contributed by atoms with E-state index in [4.69, 9.17) is 0 Å². The lowest BCUT2D eigenvalue weighted by molar-refractivity contribution is -0.147. The van der Waals surface area contributed by atoms with Crippen LogP contribution in [0.25, 0.3) is 0 Å². The monoisotopic (exact) mass is 246 g/mol. The molecule has 0 radical (unpaired) electrons. The SMILES string of the molecule is CCOC(=O)N(N=O)C(CC(C)C)C(=O)OC. The quantitative estimate of drug-likeness (QED) is 0.404. The summed E-state index contributed by atoms with van der Waals surface area (Å²) in [5.41, 5.74) is 0. The van der Waals surface area contributed by atoms with Gasteiger partial charge in [0.05, 0.1) is 19.0 Å². The molecular weight excluding hydrogens is 228 g/mol. The summed E-state index contributed by atoms with van der Waals surface area (Å²) in [7, 11) is 1.18. The number of hydrogen-bond donors (Lipinski definition) is 0. The maximum atomic E-state index is 11.5. The van der Waals surface area contributed by atoms with Gasteiger partial charge in [-0.3, -0.25) is 0 Å². The average molecular weight is 246 g/mol. The lowest BCUT2D eigenvalue weighted by Gasteiger charge is -2.22. The minimum Gasteiger partial charge on any atom is -0.467 e. The van der Waals surface area contributed by atoms with Crippen LogP contribution in [0.1, 0.15) is 27.2 Å². The Morgan fingerprint density at radius 3 is 2.29 bits per heavy atom. The van der Waals surface area contributed by atoms with Crippen LogP contribution in [0.15, 0.2) is 5.29 Å². The summed E-state index contributed by atoms with van der Waals surface area (Å²) in [6.07, 6.45) is -0.671. The molecule has 1 amide bonds. The highest BCUT2D eigenvalue weighted by Gasteiger charge is 2.33. The molecule has 7 nitrogen and oxygen atoms in total. The van der Waals surface area contributed by atoms with Crippen molar-refractivity contribution in [3.8, 4) is 0 Å². The second-order valence-electron chi connectivity index (χ2n) is 3.79. The van der Waals surface area contributed by atoms with Crippen molar-refractivity contribution in [2.45, 2.75) is 33.2 Å². The van der Waals surface area contributed by atoms with E-state index in [9.17, 15) is 14.5 Å². The van der Waals surface area contributed by atoms with E-state index in [1.165, 1.54) is 7.11 Å². The molecule has 0 spiro atoms. The number of carbonyl (C=O) groups excluding carboxylic acids is 2. The molecule has 0 aromatic heterocycles. The van der Waals surface area contributed by atoms with Gasteiger partial charge in [-0.15, -0.1) is 9.92 Å². The lowest BCUT2D eigenvalue weighted by atomic mass is 10.0. The summed E-state index contributed by atoms with van der Waals surface area (Å²) < 4.78 is 9.17. The standard InChI is InChI=1S/C10H18N2O5/c1-5-17-10(14)12(11-15)8(6-7(2)3)9(13)16-4/h7-8H,5-6H2,1-4H3. The van der Waals surface area contributed by atoms with Gasteiger partial charge in [0, 0.05) is 0 Å². The Bertz CT molecular complexity index is 280. The summed E-state index contributed by atoms with van der Waals surface area (Å²) in [6, 6.07) is -1.04. The smallest absolute Gasteiger partial charge is 0.433 e. The summed E-state index contributed by atoms with van der Waals surface area (Å²) in [4.78, 5) is 33.5. The van der Waals surface area contributed by atoms with E-state index in [1.54, 1.807) is 6.92 Å². The fraction of sp³-hybridized carbons (Fsp3) is 0.800. The number of amides is 1. The third kappa shape index (κ3) is 4.80. The molecule has 0 N–H and O–H groups in total. The fourth-order valence-electron chi connectivity index (χ4n) is 1.29. The molecule has 0 aromatic carbocycles. The molecule has 0 aliphatic rings. The van der Waals surface area contributed by atoms with Gasteiger partial charge in [-0.25, -0.2) is 9.59 Å². The van der Waals surface area contributed by atoms with E-state index >= 15 is 0 Å². The normalized spacial score (nSPS) is 11.8. The van der Waals surface area contributed by atoms with Gasteiger partial charge in [0.25, 0.3) is 0 Å². The van der Waals surface area contributed by atoms with Crippen LogP contribution in [0.4, 0.5) is 4.79 Å². The van der Waals surface area contributed by atoms with Gasteiger partial charge in [0.1, 0.15) is 0 Å². The third-order valence-corrected chi connectivity index (χ3v) is 2.01.